The molecule has 0 spiro atoms. The van der Waals surface area contributed by atoms with Crippen molar-refractivity contribution in [1.82, 2.24) is 10.0 Å². The highest BCUT2D eigenvalue weighted by molar-refractivity contribution is 7.88. The van der Waals surface area contributed by atoms with Crippen LogP contribution in [0.25, 0.3) is 0 Å². The van der Waals surface area contributed by atoms with E-state index < -0.39 is 16.1 Å². The summed E-state index contributed by atoms with van der Waals surface area (Å²) in [4.78, 5) is 12.5. The highest BCUT2D eigenvalue weighted by atomic mass is 32.2. The molecule has 5 nitrogen and oxygen atoms in total. The second-order valence-corrected chi connectivity index (χ2v) is 8.40. The van der Waals surface area contributed by atoms with Crippen LogP contribution in [0.2, 0.25) is 0 Å². The first kappa shape index (κ1) is 17.9. The summed E-state index contributed by atoms with van der Waals surface area (Å²) >= 11 is 0. The van der Waals surface area contributed by atoms with E-state index in [9.17, 15) is 13.2 Å². The molecule has 1 saturated carbocycles. The van der Waals surface area contributed by atoms with E-state index in [2.05, 4.69) is 22.2 Å². The second kappa shape index (κ2) is 7.01. The maximum Gasteiger partial charge on any atom is 0.238 e. The molecule has 6 heteroatoms. The number of hydrogen-bond donors (Lipinski definition) is 2. The smallest absolute Gasteiger partial charge is 0.238 e. The molecule has 0 saturated heterocycles. The standard InChI is InChI=1S/C17H26N2O3S/c1-4-13(2)15(19-23(3,21)22)16(20)18-12-17(10-11-17)14-8-6-5-7-9-14/h5-9,13,15,19H,4,10-12H2,1-3H3,(H,18,20)/t13-,15-/m0/s1. The molecule has 0 aliphatic heterocycles. The van der Waals surface area contributed by atoms with Gasteiger partial charge in [-0.3, -0.25) is 4.79 Å². The van der Waals surface area contributed by atoms with Gasteiger partial charge in [-0.05, 0) is 24.3 Å². The monoisotopic (exact) mass is 338 g/mol. The van der Waals surface area contributed by atoms with Gasteiger partial charge in [0.2, 0.25) is 15.9 Å². The largest absolute Gasteiger partial charge is 0.354 e. The van der Waals surface area contributed by atoms with Crippen LogP contribution in [0.1, 0.15) is 38.7 Å². The molecule has 1 aromatic rings. The molecule has 128 valence electrons. The average Bonchev–Trinajstić information content (AvgIpc) is 3.31. The van der Waals surface area contributed by atoms with Crippen LogP contribution in [-0.2, 0) is 20.2 Å². The van der Waals surface area contributed by atoms with Crippen molar-refractivity contribution in [2.24, 2.45) is 5.92 Å². The lowest BCUT2D eigenvalue weighted by molar-refractivity contribution is -0.123. The Kier molecular flexibility index (Phi) is 5.47. The number of carbonyl (C=O) groups is 1. The van der Waals surface area contributed by atoms with Gasteiger partial charge in [0.05, 0.1) is 6.26 Å². The van der Waals surface area contributed by atoms with Crippen LogP contribution in [0, 0.1) is 5.92 Å². The molecule has 23 heavy (non-hydrogen) atoms. The van der Waals surface area contributed by atoms with E-state index in [1.54, 1.807) is 0 Å². The lowest BCUT2D eigenvalue weighted by Gasteiger charge is -2.24. The molecule has 1 fully saturated rings. The average molecular weight is 338 g/mol. The third-order valence-corrected chi connectivity index (χ3v) is 5.36. The maximum atomic E-state index is 12.5. The van der Waals surface area contributed by atoms with Crippen LogP contribution in [0.3, 0.4) is 0 Å². The summed E-state index contributed by atoms with van der Waals surface area (Å²) in [6.45, 7) is 4.38. The van der Waals surface area contributed by atoms with Crippen molar-refractivity contribution in [3.63, 3.8) is 0 Å². The molecule has 2 atom stereocenters. The number of hydrogen-bond acceptors (Lipinski definition) is 3. The Morgan fingerprint density at radius 3 is 2.35 bits per heavy atom. The van der Waals surface area contributed by atoms with Crippen LogP contribution in [0.15, 0.2) is 30.3 Å². The van der Waals surface area contributed by atoms with Crippen molar-refractivity contribution in [3.05, 3.63) is 35.9 Å². The molecular formula is C17H26N2O3S. The van der Waals surface area contributed by atoms with Gasteiger partial charge in [0.1, 0.15) is 6.04 Å². The Bertz CT molecular complexity index is 639. The molecule has 1 amide bonds. The Balaban J connectivity index is 2.02. The van der Waals surface area contributed by atoms with Crippen molar-refractivity contribution in [3.8, 4) is 0 Å². The predicted molar refractivity (Wildman–Crippen MR) is 91.6 cm³/mol. The molecule has 2 rings (SSSR count). The molecule has 2 N–H and O–H groups in total. The lowest BCUT2D eigenvalue weighted by atomic mass is 9.95. The Morgan fingerprint density at radius 1 is 1.26 bits per heavy atom. The van der Waals surface area contributed by atoms with Crippen molar-refractivity contribution in [1.29, 1.82) is 0 Å². The van der Waals surface area contributed by atoms with Gasteiger partial charge in [-0.15, -0.1) is 0 Å². The SMILES string of the molecule is CC[C@H](C)[C@H](NS(C)(=O)=O)C(=O)NCC1(c2ccccc2)CC1. The summed E-state index contributed by atoms with van der Waals surface area (Å²) in [6.07, 6.45) is 3.90. The summed E-state index contributed by atoms with van der Waals surface area (Å²) in [5.41, 5.74) is 1.25. The van der Waals surface area contributed by atoms with Crippen LogP contribution in [0.4, 0.5) is 0 Å². The van der Waals surface area contributed by atoms with Gasteiger partial charge in [-0.2, -0.15) is 0 Å². The Hall–Kier alpha value is -1.40. The summed E-state index contributed by atoms with van der Waals surface area (Å²) in [5, 5.41) is 2.96. The van der Waals surface area contributed by atoms with Crippen molar-refractivity contribution in [2.45, 2.75) is 44.6 Å². The minimum atomic E-state index is -3.42. The topological polar surface area (TPSA) is 75.3 Å². The first-order valence-corrected chi connectivity index (χ1v) is 9.97. The minimum Gasteiger partial charge on any atom is -0.354 e. The number of benzene rings is 1. The Labute approximate surface area is 138 Å². The summed E-state index contributed by atoms with van der Waals surface area (Å²) in [6, 6.07) is 9.43. The molecule has 1 aliphatic carbocycles. The van der Waals surface area contributed by atoms with Gasteiger partial charge < -0.3 is 5.32 Å². The predicted octanol–water partition coefficient (Wildman–Crippen LogP) is 1.80. The van der Waals surface area contributed by atoms with E-state index in [0.29, 0.717) is 6.54 Å². The van der Waals surface area contributed by atoms with Gasteiger partial charge in [-0.1, -0.05) is 50.6 Å². The zero-order chi connectivity index (χ0) is 17.1. The quantitative estimate of drug-likeness (QED) is 0.759. The van der Waals surface area contributed by atoms with Crippen LogP contribution >= 0.6 is 0 Å². The number of rotatable bonds is 8. The van der Waals surface area contributed by atoms with Gasteiger partial charge in [-0.25, -0.2) is 13.1 Å². The van der Waals surface area contributed by atoms with Crippen LogP contribution in [-0.4, -0.2) is 33.2 Å². The highest BCUT2D eigenvalue weighted by Crippen LogP contribution is 2.47. The fraction of sp³-hybridized carbons (Fsp3) is 0.588. The third kappa shape index (κ3) is 4.78. The molecule has 0 radical (unpaired) electrons. The summed E-state index contributed by atoms with van der Waals surface area (Å²) in [5.74, 6) is -0.302. The van der Waals surface area contributed by atoms with Gasteiger partial charge in [0, 0.05) is 12.0 Å². The molecule has 1 aliphatic rings. The zero-order valence-corrected chi connectivity index (χ0v) is 14.8. The van der Waals surface area contributed by atoms with Gasteiger partial charge in [0.25, 0.3) is 0 Å². The van der Waals surface area contributed by atoms with Gasteiger partial charge in [0.15, 0.2) is 0 Å². The maximum absolute atomic E-state index is 12.5. The summed E-state index contributed by atoms with van der Waals surface area (Å²) < 4.78 is 25.5. The molecule has 0 aromatic heterocycles. The highest BCUT2D eigenvalue weighted by Gasteiger charge is 2.44. The fourth-order valence-electron chi connectivity index (χ4n) is 2.77. The van der Waals surface area contributed by atoms with E-state index in [1.165, 1.54) is 5.56 Å². The summed E-state index contributed by atoms with van der Waals surface area (Å²) in [7, 11) is -3.42. The Morgan fingerprint density at radius 2 is 1.87 bits per heavy atom. The fourth-order valence-corrected chi connectivity index (χ4v) is 3.57. The molecule has 0 heterocycles. The number of carbonyl (C=O) groups excluding carboxylic acids is 1. The zero-order valence-electron chi connectivity index (χ0n) is 14.0. The van der Waals surface area contributed by atoms with E-state index in [0.717, 1.165) is 25.5 Å². The number of amides is 1. The van der Waals surface area contributed by atoms with Gasteiger partial charge >= 0.3 is 0 Å². The first-order chi connectivity index (χ1) is 10.8. The number of sulfonamides is 1. The molecular weight excluding hydrogens is 312 g/mol. The minimum absolute atomic E-state index is 0.0159. The van der Waals surface area contributed by atoms with E-state index >= 15 is 0 Å². The first-order valence-electron chi connectivity index (χ1n) is 8.08. The van der Waals surface area contributed by atoms with E-state index in [1.807, 2.05) is 32.0 Å². The van der Waals surface area contributed by atoms with Crippen LogP contribution in [0.5, 0.6) is 0 Å². The second-order valence-electron chi connectivity index (χ2n) is 6.62. The molecule has 1 aromatic carbocycles. The van der Waals surface area contributed by atoms with Crippen molar-refractivity contribution < 1.29 is 13.2 Å². The lowest BCUT2D eigenvalue weighted by Crippen LogP contribution is -2.51. The molecule has 0 unspecified atom stereocenters. The van der Waals surface area contributed by atoms with E-state index in [4.69, 9.17) is 0 Å². The van der Waals surface area contributed by atoms with Crippen molar-refractivity contribution >= 4 is 15.9 Å². The van der Waals surface area contributed by atoms with Crippen molar-refractivity contribution in [2.75, 3.05) is 12.8 Å². The third-order valence-electron chi connectivity index (χ3n) is 4.68. The normalized spacial score (nSPS) is 18.9. The van der Waals surface area contributed by atoms with E-state index in [-0.39, 0.29) is 17.2 Å². The molecule has 0 bridgehead atoms. The number of nitrogens with one attached hydrogen (secondary N) is 2. The van der Waals surface area contributed by atoms with Crippen LogP contribution < -0.4 is 10.0 Å².